The molecule has 1 aliphatic carbocycles. The SMILES string of the molecule is NC1CCCCC(Cc2cc(F)ccc2F)C1. The van der Waals surface area contributed by atoms with E-state index in [0.717, 1.165) is 38.2 Å². The molecule has 2 unspecified atom stereocenters. The fourth-order valence-electron chi connectivity index (χ4n) is 2.70. The van der Waals surface area contributed by atoms with E-state index in [0.29, 0.717) is 17.9 Å². The van der Waals surface area contributed by atoms with Gasteiger partial charge in [-0.3, -0.25) is 0 Å². The Labute approximate surface area is 101 Å². The van der Waals surface area contributed by atoms with Gasteiger partial charge in [0.05, 0.1) is 0 Å². The Bertz CT molecular complexity index is 378. The van der Waals surface area contributed by atoms with Crippen molar-refractivity contribution in [3.63, 3.8) is 0 Å². The number of rotatable bonds is 2. The lowest BCUT2D eigenvalue weighted by Crippen LogP contribution is -2.22. The highest BCUT2D eigenvalue weighted by molar-refractivity contribution is 5.19. The molecular formula is C14H19F2N. The van der Waals surface area contributed by atoms with Gasteiger partial charge in [-0.1, -0.05) is 19.3 Å². The quantitative estimate of drug-likeness (QED) is 0.786. The van der Waals surface area contributed by atoms with Crippen molar-refractivity contribution in [3.8, 4) is 0 Å². The van der Waals surface area contributed by atoms with E-state index in [2.05, 4.69) is 0 Å². The molecule has 0 amide bonds. The van der Waals surface area contributed by atoms with Crippen molar-refractivity contribution in [3.05, 3.63) is 35.4 Å². The summed E-state index contributed by atoms with van der Waals surface area (Å²) < 4.78 is 26.6. The molecule has 0 bridgehead atoms. The number of nitrogens with two attached hydrogens (primary N) is 1. The molecule has 1 fully saturated rings. The van der Waals surface area contributed by atoms with Crippen molar-refractivity contribution in [2.24, 2.45) is 11.7 Å². The molecule has 2 N–H and O–H groups in total. The van der Waals surface area contributed by atoms with Crippen LogP contribution in [-0.2, 0) is 6.42 Å². The van der Waals surface area contributed by atoms with Crippen LogP contribution in [-0.4, -0.2) is 6.04 Å². The number of benzene rings is 1. The maximum Gasteiger partial charge on any atom is 0.126 e. The topological polar surface area (TPSA) is 26.0 Å². The third-order valence-electron chi connectivity index (χ3n) is 3.59. The lowest BCUT2D eigenvalue weighted by Gasteiger charge is -2.17. The highest BCUT2D eigenvalue weighted by atomic mass is 19.1. The van der Waals surface area contributed by atoms with E-state index in [-0.39, 0.29) is 17.7 Å². The Morgan fingerprint density at radius 3 is 2.76 bits per heavy atom. The molecule has 0 heterocycles. The van der Waals surface area contributed by atoms with Crippen molar-refractivity contribution < 1.29 is 8.78 Å². The van der Waals surface area contributed by atoms with Crippen molar-refractivity contribution in [2.75, 3.05) is 0 Å². The van der Waals surface area contributed by atoms with Crippen LogP contribution in [0.2, 0.25) is 0 Å². The molecule has 17 heavy (non-hydrogen) atoms. The van der Waals surface area contributed by atoms with Crippen LogP contribution in [0.25, 0.3) is 0 Å². The molecule has 0 aliphatic heterocycles. The zero-order valence-corrected chi connectivity index (χ0v) is 9.96. The van der Waals surface area contributed by atoms with Crippen molar-refractivity contribution in [2.45, 2.75) is 44.6 Å². The summed E-state index contributed by atoms with van der Waals surface area (Å²) in [5.41, 5.74) is 6.47. The molecule has 1 saturated carbocycles. The van der Waals surface area contributed by atoms with Gasteiger partial charge in [-0.15, -0.1) is 0 Å². The van der Waals surface area contributed by atoms with E-state index in [4.69, 9.17) is 5.73 Å². The summed E-state index contributed by atoms with van der Waals surface area (Å²) >= 11 is 0. The van der Waals surface area contributed by atoms with Crippen LogP contribution in [0.3, 0.4) is 0 Å². The summed E-state index contributed by atoms with van der Waals surface area (Å²) in [6, 6.07) is 3.91. The first-order valence-electron chi connectivity index (χ1n) is 6.34. The van der Waals surface area contributed by atoms with Crippen LogP contribution in [0.15, 0.2) is 18.2 Å². The van der Waals surface area contributed by atoms with Gasteiger partial charge in [0.25, 0.3) is 0 Å². The smallest absolute Gasteiger partial charge is 0.126 e. The van der Waals surface area contributed by atoms with Crippen molar-refractivity contribution >= 4 is 0 Å². The molecule has 2 atom stereocenters. The fraction of sp³-hybridized carbons (Fsp3) is 0.571. The average molecular weight is 239 g/mol. The predicted molar refractivity (Wildman–Crippen MR) is 64.6 cm³/mol. The molecule has 0 radical (unpaired) electrons. The maximum absolute atomic E-state index is 13.5. The van der Waals surface area contributed by atoms with E-state index in [1.807, 2.05) is 0 Å². The summed E-state index contributed by atoms with van der Waals surface area (Å²) in [6.07, 6.45) is 5.97. The summed E-state index contributed by atoms with van der Waals surface area (Å²) in [7, 11) is 0. The second-order valence-corrected chi connectivity index (χ2v) is 5.09. The molecule has 1 nitrogen and oxygen atoms in total. The van der Waals surface area contributed by atoms with Gasteiger partial charge in [0.15, 0.2) is 0 Å². The summed E-state index contributed by atoms with van der Waals surface area (Å²) in [4.78, 5) is 0. The van der Waals surface area contributed by atoms with Gasteiger partial charge in [-0.25, -0.2) is 8.78 Å². The minimum atomic E-state index is -0.362. The Morgan fingerprint density at radius 1 is 1.18 bits per heavy atom. The molecule has 1 aromatic rings. The Morgan fingerprint density at radius 2 is 1.94 bits per heavy atom. The minimum Gasteiger partial charge on any atom is -0.328 e. The maximum atomic E-state index is 13.5. The van der Waals surface area contributed by atoms with Gasteiger partial charge in [-0.05, 0) is 48.9 Å². The van der Waals surface area contributed by atoms with Crippen molar-refractivity contribution in [1.82, 2.24) is 0 Å². The summed E-state index contributed by atoms with van der Waals surface area (Å²) in [6.45, 7) is 0. The zero-order chi connectivity index (χ0) is 12.3. The first kappa shape index (κ1) is 12.5. The highest BCUT2D eigenvalue weighted by Gasteiger charge is 2.19. The standard InChI is InChI=1S/C14H19F2N/c15-12-5-6-14(16)11(9-12)7-10-3-1-2-4-13(17)8-10/h5-6,9-10,13H,1-4,7-8,17H2. The molecule has 1 aliphatic rings. The van der Waals surface area contributed by atoms with Crippen LogP contribution in [0.5, 0.6) is 0 Å². The van der Waals surface area contributed by atoms with Crippen LogP contribution < -0.4 is 5.73 Å². The van der Waals surface area contributed by atoms with Crippen LogP contribution in [0.4, 0.5) is 8.78 Å². The Balaban J connectivity index is 2.06. The van der Waals surface area contributed by atoms with Gasteiger partial charge in [-0.2, -0.15) is 0 Å². The van der Waals surface area contributed by atoms with E-state index in [1.54, 1.807) is 0 Å². The second kappa shape index (κ2) is 5.58. The molecule has 2 rings (SSSR count). The van der Waals surface area contributed by atoms with Crippen LogP contribution in [0, 0.1) is 17.6 Å². The Kier molecular flexibility index (Phi) is 4.11. The lowest BCUT2D eigenvalue weighted by molar-refractivity contribution is 0.422. The largest absolute Gasteiger partial charge is 0.328 e. The molecule has 0 aromatic heterocycles. The molecule has 0 spiro atoms. The lowest BCUT2D eigenvalue weighted by atomic mass is 9.91. The minimum absolute atomic E-state index is 0.221. The van der Waals surface area contributed by atoms with E-state index < -0.39 is 0 Å². The van der Waals surface area contributed by atoms with Crippen LogP contribution in [0.1, 0.15) is 37.7 Å². The average Bonchev–Trinajstić information content (AvgIpc) is 2.48. The van der Waals surface area contributed by atoms with Gasteiger partial charge >= 0.3 is 0 Å². The highest BCUT2D eigenvalue weighted by Crippen LogP contribution is 2.26. The number of hydrogen-bond acceptors (Lipinski definition) is 1. The third kappa shape index (κ3) is 3.50. The second-order valence-electron chi connectivity index (χ2n) is 5.09. The first-order chi connectivity index (χ1) is 8.15. The zero-order valence-electron chi connectivity index (χ0n) is 9.96. The number of halogens is 2. The fourth-order valence-corrected chi connectivity index (χ4v) is 2.70. The monoisotopic (exact) mass is 239 g/mol. The van der Waals surface area contributed by atoms with Crippen molar-refractivity contribution in [1.29, 1.82) is 0 Å². The normalized spacial score (nSPS) is 25.6. The molecular weight excluding hydrogens is 220 g/mol. The summed E-state index contributed by atoms with van der Waals surface area (Å²) in [5, 5.41) is 0. The molecule has 94 valence electrons. The van der Waals surface area contributed by atoms with Crippen LogP contribution >= 0.6 is 0 Å². The molecule has 3 heteroatoms. The third-order valence-corrected chi connectivity index (χ3v) is 3.59. The predicted octanol–water partition coefficient (Wildman–Crippen LogP) is 3.41. The van der Waals surface area contributed by atoms with E-state index >= 15 is 0 Å². The molecule has 1 aromatic carbocycles. The Hall–Kier alpha value is -0.960. The number of hydrogen-bond donors (Lipinski definition) is 1. The van der Waals surface area contributed by atoms with Gasteiger partial charge in [0, 0.05) is 6.04 Å². The molecule has 0 saturated heterocycles. The van der Waals surface area contributed by atoms with E-state index in [1.165, 1.54) is 12.1 Å². The van der Waals surface area contributed by atoms with Gasteiger partial charge < -0.3 is 5.73 Å². The van der Waals surface area contributed by atoms with Gasteiger partial charge in [0.1, 0.15) is 11.6 Å². The first-order valence-corrected chi connectivity index (χ1v) is 6.34. The van der Waals surface area contributed by atoms with Gasteiger partial charge in [0.2, 0.25) is 0 Å². The van der Waals surface area contributed by atoms with E-state index in [9.17, 15) is 8.78 Å². The summed E-state index contributed by atoms with van der Waals surface area (Å²) in [5.74, 6) is -0.271.